The Bertz CT molecular complexity index is 650. The minimum absolute atomic E-state index is 0.0939. The number of benzene rings is 1. The number of nitrogens with zero attached hydrogens (tertiary/aromatic N) is 2. The first-order valence-electron chi connectivity index (χ1n) is 8.56. The molecule has 0 aliphatic rings. The van der Waals surface area contributed by atoms with E-state index in [0.29, 0.717) is 25.1 Å². The second-order valence-corrected chi connectivity index (χ2v) is 6.40. The van der Waals surface area contributed by atoms with Gasteiger partial charge in [0.15, 0.2) is 0 Å². The van der Waals surface area contributed by atoms with Gasteiger partial charge in [-0.15, -0.1) is 0 Å². The van der Waals surface area contributed by atoms with E-state index in [0.717, 1.165) is 17.7 Å². The predicted molar refractivity (Wildman–Crippen MR) is 94.9 cm³/mol. The quantitative estimate of drug-likeness (QED) is 0.782. The Morgan fingerprint density at radius 3 is 2.62 bits per heavy atom. The molecule has 0 radical (unpaired) electrons. The minimum Gasteiger partial charge on any atom is -0.393 e. The summed E-state index contributed by atoms with van der Waals surface area (Å²) >= 11 is 0. The zero-order valence-electron chi connectivity index (χ0n) is 14.7. The Hall–Kier alpha value is -2.14. The lowest BCUT2D eigenvalue weighted by Crippen LogP contribution is -2.30. The highest BCUT2D eigenvalue weighted by Gasteiger charge is 2.17. The van der Waals surface area contributed by atoms with Crippen LogP contribution < -0.4 is 5.32 Å². The molecule has 0 bridgehead atoms. The summed E-state index contributed by atoms with van der Waals surface area (Å²) in [5.74, 6) is 0.141. The molecule has 1 heterocycles. The summed E-state index contributed by atoms with van der Waals surface area (Å²) in [6.07, 6.45) is 2.72. The lowest BCUT2D eigenvalue weighted by Gasteiger charge is -2.14. The number of aromatic nitrogens is 2. The van der Waals surface area contributed by atoms with Gasteiger partial charge >= 0.3 is 0 Å². The summed E-state index contributed by atoms with van der Waals surface area (Å²) in [6, 6.07) is 10.1. The normalized spacial score (nSPS) is 13.5. The number of aliphatic hydroxyl groups excluding tert-OH is 1. The fourth-order valence-electron chi connectivity index (χ4n) is 2.89. The molecule has 2 atom stereocenters. The van der Waals surface area contributed by atoms with Crippen molar-refractivity contribution in [2.75, 3.05) is 6.54 Å². The monoisotopic (exact) mass is 329 g/mol. The molecule has 0 aliphatic heterocycles. The maximum Gasteiger partial charge on any atom is 0.254 e. The Kier molecular flexibility index (Phi) is 6.55. The molecule has 2 aromatic rings. The Balaban J connectivity index is 2.04. The molecule has 2 rings (SSSR count). The van der Waals surface area contributed by atoms with Gasteiger partial charge in [-0.3, -0.25) is 9.48 Å². The van der Waals surface area contributed by atoms with Crippen molar-refractivity contribution in [2.45, 2.75) is 46.3 Å². The highest BCUT2D eigenvalue weighted by Crippen LogP contribution is 2.13. The number of nitrogens with one attached hydrogen (secondary N) is 1. The minimum atomic E-state index is -0.350. The van der Waals surface area contributed by atoms with E-state index in [-0.39, 0.29) is 17.9 Å². The van der Waals surface area contributed by atoms with Crippen molar-refractivity contribution >= 4 is 5.91 Å². The molecule has 2 N–H and O–H groups in total. The third-order valence-electron chi connectivity index (χ3n) is 4.06. The van der Waals surface area contributed by atoms with Crippen molar-refractivity contribution in [1.82, 2.24) is 15.1 Å². The Morgan fingerprint density at radius 2 is 2.00 bits per heavy atom. The maximum atomic E-state index is 12.5. The third kappa shape index (κ3) is 4.93. The van der Waals surface area contributed by atoms with Gasteiger partial charge in [0, 0.05) is 6.54 Å². The van der Waals surface area contributed by atoms with E-state index in [1.54, 1.807) is 13.1 Å². The number of hydrogen-bond acceptors (Lipinski definition) is 3. The number of hydrogen-bond donors (Lipinski definition) is 2. The number of aliphatic hydroxyl groups is 1. The van der Waals surface area contributed by atoms with Gasteiger partial charge in [-0.05, 0) is 31.2 Å². The van der Waals surface area contributed by atoms with Crippen LogP contribution in [0.5, 0.6) is 0 Å². The first-order chi connectivity index (χ1) is 11.5. The molecular formula is C19H27N3O2. The van der Waals surface area contributed by atoms with Gasteiger partial charge in [-0.2, -0.15) is 5.10 Å². The third-order valence-corrected chi connectivity index (χ3v) is 4.06. The number of amides is 1. The molecule has 0 fully saturated rings. The van der Waals surface area contributed by atoms with Gasteiger partial charge in [-0.1, -0.05) is 44.2 Å². The molecule has 24 heavy (non-hydrogen) atoms. The zero-order valence-corrected chi connectivity index (χ0v) is 14.7. The molecular weight excluding hydrogens is 302 g/mol. The van der Waals surface area contributed by atoms with Crippen LogP contribution in [0.15, 0.2) is 36.5 Å². The van der Waals surface area contributed by atoms with Gasteiger partial charge < -0.3 is 10.4 Å². The summed E-state index contributed by atoms with van der Waals surface area (Å²) < 4.78 is 1.89. The first-order valence-corrected chi connectivity index (χ1v) is 8.56. The number of carbonyl (C=O) groups is 1. The molecule has 0 aliphatic carbocycles. The van der Waals surface area contributed by atoms with Crippen LogP contribution in [0.25, 0.3) is 0 Å². The van der Waals surface area contributed by atoms with E-state index in [9.17, 15) is 9.90 Å². The molecule has 5 heteroatoms. The smallest absolute Gasteiger partial charge is 0.254 e. The van der Waals surface area contributed by atoms with Gasteiger partial charge in [0.05, 0.1) is 30.1 Å². The molecule has 130 valence electrons. The number of carbonyl (C=O) groups excluding carboxylic acids is 1. The number of rotatable bonds is 8. The van der Waals surface area contributed by atoms with E-state index >= 15 is 0 Å². The summed E-state index contributed by atoms with van der Waals surface area (Å²) in [6.45, 7) is 7.03. The summed E-state index contributed by atoms with van der Waals surface area (Å²) in [7, 11) is 0. The van der Waals surface area contributed by atoms with Crippen LogP contribution in [-0.4, -0.2) is 33.4 Å². The van der Waals surface area contributed by atoms with Gasteiger partial charge in [-0.25, -0.2) is 0 Å². The van der Waals surface area contributed by atoms with Crippen LogP contribution in [0.3, 0.4) is 0 Å². The van der Waals surface area contributed by atoms with Crippen LogP contribution in [0.2, 0.25) is 0 Å². The van der Waals surface area contributed by atoms with Crippen LogP contribution >= 0.6 is 0 Å². The largest absolute Gasteiger partial charge is 0.393 e. The van der Waals surface area contributed by atoms with E-state index in [4.69, 9.17) is 0 Å². The standard InChI is InChI=1S/C19H27N3O2/c1-4-18-17(19(24)20-11-14(2)10-15(3)23)12-21-22(18)13-16-8-6-5-7-9-16/h5-9,12,14-15,23H,4,10-11,13H2,1-3H3,(H,20,24). The molecule has 1 aromatic heterocycles. The van der Waals surface area contributed by atoms with Crippen LogP contribution in [-0.2, 0) is 13.0 Å². The predicted octanol–water partition coefficient (Wildman–Crippen LogP) is 2.63. The maximum absolute atomic E-state index is 12.5. The highest BCUT2D eigenvalue weighted by molar-refractivity contribution is 5.95. The van der Waals surface area contributed by atoms with Crippen molar-refractivity contribution < 1.29 is 9.90 Å². The summed E-state index contributed by atoms with van der Waals surface area (Å²) in [4.78, 5) is 12.5. The second-order valence-electron chi connectivity index (χ2n) is 6.40. The average Bonchev–Trinajstić information content (AvgIpc) is 2.95. The van der Waals surface area contributed by atoms with E-state index in [2.05, 4.69) is 22.5 Å². The van der Waals surface area contributed by atoms with Crippen molar-refractivity contribution in [1.29, 1.82) is 0 Å². The average molecular weight is 329 g/mol. The van der Waals surface area contributed by atoms with Crippen LogP contribution in [0.4, 0.5) is 0 Å². The van der Waals surface area contributed by atoms with Crippen molar-refractivity contribution in [3.05, 3.63) is 53.3 Å². The molecule has 0 saturated carbocycles. The summed E-state index contributed by atoms with van der Waals surface area (Å²) in [5.41, 5.74) is 2.74. The Labute approximate surface area is 143 Å². The zero-order chi connectivity index (χ0) is 17.5. The molecule has 1 aromatic carbocycles. The molecule has 1 amide bonds. The van der Waals surface area contributed by atoms with Gasteiger partial charge in [0.25, 0.3) is 5.91 Å². The first kappa shape index (κ1) is 18.2. The fourth-order valence-corrected chi connectivity index (χ4v) is 2.89. The summed E-state index contributed by atoms with van der Waals surface area (Å²) in [5, 5.41) is 16.8. The molecule has 0 spiro atoms. The lowest BCUT2D eigenvalue weighted by atomic mass is 10.0. The highest BCUT2D eigenvalue weighted by atomic mass is 16.3. The lowest BCUT2D eigenvalue weighted by molar-refractivity contribution is 0.0938. The SMILES string of the molecule is CCc1c(C(=O)NCC(C)CC(C)O)cnn1Cc1ccccc1. The second kappa shape index (κ2) is 8.64. The molecule has 5 nitrogen and oxygen atoms in total. The van der Waals surface area contributed by atoms with Gasteiger partial charge in [0.2, 0.25) is 0 Å². The molecule has 0 saturated heterocycles. The topological polar surface area (TPSA) is 67.2 Å². The fraction of sp³-hybridized carbons (Fsp3) is 0.474. The Morgan fingerprint density at radius 1 is 1.29 bits per heavy atom. The molecule has 2 unspecified atom stereocenters. The van der Waals surface area contributed by atoms with E-state index in [1.165, 1.54) is 0 Å². The van der Waals surface area contributed by atoms with Crippen LogP contribution in [0.1, 0.15) is 48.8 Å². The van der Waals surface area contributed by atoms with Gasteiger partial charge in [0.1, 0.15) is 0 Å². The van der Waals surface area contributed by atoms with Crippen molar-refractivity contribution in [3.8, 4) is 0 Å². The van der Waals surface area contributed by atoms with Crippen LogP contribution in [0, 0.1) is 5.92 Å². The van der Waals surface area contributed by atoms with Crippen molar-refractivity contribution in [3.63, 3.8) is 0 Å². The van der Waals surface area contributed by atoms with E-state index < -0.39 is 0 Å². The van der Waals surface area contributed by atoms with E-state index in [1.807, 2.05) is 36.7 Å². The van der Waals surface area contributed by atoms with Crippen molar-refractivity contribution in [2.24, 2.45) is 5.92 Å².